The predicted octanol–water partition coefficient (Wildman–Crippen LogP) is 4.60. The molecule has 0 saturated carbocycles. The zero-order valence-corrected chi connectivity index (χ0v) is 13.0. The third-order valence-electron chi connectivity index (χ3n) is 4.47. The monoisotopic (exact) mass is 292 g/mol. The molecule has 22 heavy (non-hydrogen) atoms. The lowest BCUT2D eigenvalue weighted by Crippen LogP contribution is -2.38. The highest BCUT2D eigenvalue weighted by molar-refractivity contribution is 5.91. The number of hydrogen-bond acceptors (Lipinski definition) is 2. The summed E-state index contributed by atoms with van der Waals surface area (Å²) in [6.07, 6.45) is 4.80. The van der Waals surface area contributed by atoms with Gasteiger partial charge in [0.05, 0.1) is 0 Å². The normalized spacial score (nSPS) is 20.4. The Bertz CT molecular complexity index is 701. The van der Waals surface area contributed by atoms with Crippen molar-refractivity contribution in [1.82, 2.24) is 0 Å². The molecule has 0 aromatic heterocycles. The minimum atomic E-state index is -0.581. The van der Waals surface area contributed by atoms with E-state index in [1.165, 1.54) is 0 Å². The van der Waals surface area contributed by atoms with E-state index in [9.17, 15) is 4.79 Å². The summed E-state index contributed by atoms with van der Waals surface area (Å²) in [4.78, 5) is 12.6. The Balaban J connectivity index is 1.93. The summed E-state index contributed by atoms with van der Waals surface area (Å²) in [5, 5.41) is 0. The highest BCUT2D eigenvalue weighted by atomic mass is 16.5. The number of ether oxygens (including phenoxy) is 1. The number of rotatable bonds is 4. The lowest BCUT2D eigenvalue weighted by Gasteiger charge is -2.29. The lowest BCUT2D eigenvalue weighted by molar-refractivity contribution is -0.139. The fourth-order valence-electron chi connectivity index (χ4n) is 3.15. The summed E-state index contributed by atoms with van der Waals surface area (Å²) in [5.74, 6) is 0.736. The highest BCUT2D eigenvalue weighted by Gasteiger charge is 2.50. The largest absolute Gasteiger partial charge is 0.426 e. The van der Waals surface area contributed by atoms with E-state index in [-0.39, 0.29) is 11.9 Å². The van der Waals surface area contributed by atoms with Crippen LogP contribution in [-0.2, 0) is 10.2 Å². The third-order valence-corrected chi connectivity index (χ3v) is 4.47. The van der Waals surface area contributed by atoms with Gasteiger partial charge < -0.3 is 4.74 Å². The zero-order chi connectivity index (χ0) is 15.6. The Hall–Kier alpha value is -2.35. The molecule has 3 rings (SSSR count). The van der Waals surface area contributed by atoms with Gasteiger partial charge in [0.25, 0.3) is 0 Å². The van der Waals surface area contributed by atoms with Crippen molar-refractivity contribution in [2.75, 3.05) is 0 Å². The number of allylic oxidation sites excluding steroid dienone is 1. The van der Waals surface area contributed by atoms with E-state index in [4.69, 9.17) is 4.74 Å². The smallest absolute Gasteiger partial charge is 0.322 e. The molecule has 0 amide bonds. The summed E-state index contributed by atoms with van der Waals surface area (Å²) in [7, 11) is 0. The van der Waals surface area contributed by atoms with Gasteiger partial charge in [-0.15, -0.1) is 0 Å². The van der Waals surface area contributed by atoms with E-state index in [0.29, 0.717) is 12.2 Å². The van der Waals surface area contributed by atoms with Gasteiger partial charge in [0.2, 0.25) is 0 Å². The van der Waals surface area contributed by atoms with Gasteiger partial charge >= 0.3 is 5.97 Å². The molecule has 0 unspecified atom stereocenters. The first-order valence-electron chi connectivity index (χ1n) is 7.68. The number of esters is 1. The van der Waals surface area contributed by atoms with Crippen LogP contribution in [0.15, 0.2) is 60.7 Å². The molecular formula is C20H20O2. The molecule has 0 aliphatic carbocycles. The molecule has 0 radical (unpaired) electrons. The van der Waals surface area contributed by atoms with E-state index in [1.54, 1.807) is 0 Å². The minimum absolute atomic E-state index is 0.138. The van der Waals surface area contributed by atoms with Crippen molar-refractivity contribution >= 4 is 12.0 Å². The number of benzene rings is 2. The molecule has 112 valence electrons. The first-order chi connectivity index (χ1) is 10.6. The number of carbonyl (C=O) groups is 1. The van der Waals surface area contributed by atoms with Crippen molar-refractivity contribution in [3.8, 4) is 5.75 Å². The second-order valence-electron chi connectivity index (χ2n) is 6.03. The standard InChI is InChI=1S/C20H20O2/c1-15(2)20(14-8-11-16-9-4-3-5-10-16)17-12-6-7-13-18(17)22-19(20)21/h3-13,15H,14H2,1-2H3/b11-8+/t20-/m0/s1. The van der Waals surface area contributed by atoms with Gasteiger partial charge in [0.15, 0.2) is 0 Å². The summed E-state index contributed by atoms with van der Waals surface area (Å²) >= 11 is 0. The second-order valence-corrected chi connectivity index (χ2v) is 6.03. The molecule has 1 aliphatic heterocycles. The van der Waals surface area contributed by atoms with Crippen molar-refractivity contribution < 1.29 is 9.53 Å². The van der Waals surface area contributed by atoms with Gasteiger partial charge in [-0.1, -0.05) is 74.5 Å². The molecule has 0 N–H and O–H groups in total. The van der Waals surface area contributed by atoms with Gasteiger partial charge in [0, 0.05) is 5.56 Å². The van der Waals surface area contributed by atoms with Crippen LogP contribution in [0.4, 0.5) is 0 Å². The maximum atomic E-state index is 12.6. The maximum Gasteiger partial charge on any atom is 0.322 e. The summed E-state index contributed by atoms with van der Waals surface area (Å²) < 4.78 is 5.51. The van der Waals surface area contributed by atoms with E-state index in [1.807, 2.05) is 42.5 Å². The molecule has 1 heterocycles. The highest BCUT2D eigenvalue weighted by Crippen LogP contribution is 2.47. The van der Waals surface area contributed by atoms with Crippen LogP contribution in [0.5, 0.6) is 5.75 Å². The van der Waals surface area contributed by atoms with Crippen LogP contribution in [-0.4, -0.2) is 5.97 Å². The van der Waals surface area contributed by atoms with E-state index in [0.717, 1.165) is 11.1 Å². The number of carbonyl (C=O) groups excluding carboxylic acids is 1. The average Bonchev–Trinajstić information content (AvgIpc) is 2.81. The molecule has 0 fully saturated rings. The first kappa shape index (κ1) is 14.6. The maximum absolute atomic E-state index is 12.6. The van der Waals surface area contributed by atoms with Crippen LogP contribution in [0.2, 0.25) is 0 Å². The summed E-state index contributed by atoms with van der Waals surface area (Å²) in [5.41, 5.74) is 1.57. The Kier molecular flexibility index (Phi) is 3.84. The molecular weight excluding hydrogens is 272 g/mol. The van der Waals surface area contributed by atoms with E-state index in [2.05, 4.69) is 38.1 Å². The Morgan fingerprint density at radius 2 is 1.73 bits per heavy atom. The van der Waals surface area contributed by atoms with Gasteiger partial charge in [-0.3, -0.25) is 4.79 Å². The molecule has 2 heteroatoms. The van der Waals surface area contributed by atoms with E-state index < -0.39 is 5.41 Å². The van der Waals surface area contributed by atoms with Crippen molar-refractivity contribution in [2.45, 2.75) is 25.7 Å². The van der Waals surface area contributed by atoms with Gasteiger partial charge in [-0.05, 0) is 24.0 Å². The SMILES string of the molecule is CC(C)[C@]1(C/C=C/c2ccccc2)C(=O)Oc2ccccc21. The van der Waals surface area contributed by atoms with Crippen LogP contribution in [0.1, 0.15) is 31.4 Å². The van der Waals surface area contributed by atoms with Crippen LogP contribution >= 0.6 is 0 Å². The second kappa shape index (κ2) is 5.80. The topological polar surface area (TPSA) is 26.3 Å². The van der Waals surface area contributed by atoms with Crippen LogP contribution in [0.25, 0.3) is 6.08 Å². The van der Waals surface area contributed by atoms with Crippen LogP contribution < -0.4 is 4.74 Å². The number of hydrogen-bond donors (Lipinski definition) is 0. The molecule has 1 aliphatic rings. The van der Waals surface area contributed by atoms with E-state index >= 15 is 0 Å². The van der Waals surface area contributed by atoms with Gasteiger partial charge in [-0.25, -0.2) is 0 Å². The average molecular weight is 292 g/mol. The molecule has 2 aromatic rings. The van der Waals surface area contributed by atoms with Crippen molar-refractivity contribution in [1.29, 1.82) is 0 Å². The van der Waals surface area contributed by atoms with Crippen molar-refractivity contribution in [3.05, 3.63) is 71.8 Å². The van der Waals surface area contributed by atoms with Crippen molar-refractivity contribution in [3.63, 3.8) is 0 Å². The first-order valence-corrected chi connectivity index (χ1v) is 7.68. The van der Waals surface area contributed by atoms with Gasteiger partial charge in [-0.2, -0.15) is 0 Å². The fourth-order valence-corrected chi connectivity index (χ4v) is 3.15. The summed E-state index contributed by atoms with van der Waals surface area (Å²) in [6, 6.07) is 17.9. The lowest BCUT2D eigenvalue weighted by atomic mass is 9.70. The molecule has 0 spiro atoms. The minimum Gasteiger partial charge on any atom is -0.426 e. The van der Waals surface area contributed by atoms with Gasteiger partial charge in [0.1, 0.15) is 11.2 Å². The van der Waals surface area contributed by atoms with Crippen LogP contribution in [0, 0.1) is 5.92 Å². The fraction of sp³-hybridized carbons (Fsp3) is 0.250. The Morgan fingerprint density at radius 3 is 2.45 bits per heavy atom. The number of para-hydroxylation sites is 1. The Morgan fingerprint density at radius 1 is 1.05 bits per heavy atom. The van der Waals surface area contributed by atoms with Crippen molar-refractivity contribution in [2.24, 2.45) is 5.92 Å². The molecule has 0 bridgehead atoms. The molecule has 2 aromatic carbocycles. The zero-order valence-electron chi connectivity index (χ0n) is 13.0. The molecule has 2 nitrogen and oxygen atoms in total. The predicted molar refractivity (Wildman–Crippen MR) is 88.7 cm³/mol. The molecule has 1 atom stereocenters. The molecule has 0 saturated heterocycles. The van der Waals surface area contributed by atoms with Crippen LogP contribution in [0.3, 0.4) is 0 Å². The third kappa shape index (κ3) is 2.35. The Labute approximate surface area is 131 Å². The number of fused-ring (bicyclic) bond motifs is 1. The quantitative estimate of drug-likeness (QED) is 0.608. The summed E-state index contributed by atoms with van der Waals surface area (Å²) in [6.45, 7) is 4.17.